The molecule has 0 saturated carbocycles. The fraction of sp³-hybridized carbons (Fsp3) is 0.231. The molecule has 0 bridgehead atoms. The lowest BCUT2D eigenvalue weighted by Gasteiger charge is -2.36. The molecule has 0 unspecified atom stereocenters. The Morgan fingerprint density at radius 2 is 1.68 bits per heavy atom. The van der Waals surface area contributed by atoms with Crippen LogP contribution < -0.4 is 19.9 Å². The van der Waals surface area contributed by atoms with E-state index in [1.165, 1.54) is 5.69 Å². The van der Waals surface area contributed by atoms with Crippen LogP contribution in [0.25, 0.3) is 10.9 Å². The molecule has 10 nitrogen and oxygen atoms in total. The van der Waals surface area contributed by atoms with Gasteiger partial charge in [0.25, 0.3) is 0 Å². The molecule has 5 heterocycles. The van der Waals surface area contributed by atoms with E-state index in [-0.39, 0.29) is 6.01 Å². The van der Waals surface area contributed by atoms with Crippen LogP contribution in [-0.4, -0.2) is 56.3 Å². The number of aromatic nitrogens is 6. The van der Waals surface area contributed by atoms with Crippen molar-refractivity contribution in [2.45, 2.75) is 13.8 Å². The summed E-state index contributed by atoms with van der Waals surface area (Å²) in [6, 6.07) is 13.9. The maximum absolute atomic E-state index is 6.69. The van der Waals surface area contributed by atoms with Crippen molar-refractivity contribution in [1.29, 1.82) is 0 Å². The SMILES string of the molecule is Cc1cc(Nc2cc(N3CCN(c4ccncc4)CC3)nc(Oc3ccc4[nH]c(C)cc4c3Cl)n2)n[nH]1. The number of H-pyrrole nitrogens is 2. The van der Waals surface area contributed by atoms with Gasteiger partial charge in [0.2, 0.25) is 0 Å². The molecule has 1 aromatic carbocycles. The minimum atomic E-state index is 0.206. The number of nitrogens with zero attached hydrogens (tertiary/aromatic N) is 6. The first-order valence-electron chi connectivity index (χ1n) is 12.1. The predicted molar refractivity (Wildman–Crippen MR) is 145 cm³/mol. The second kappa shape index (κ2) is 9.62. The van der Waals surface area contributed by atoms with E-state index in [9.17, 15) is 0 Å². The fourth-order valence-corrected chi connectivity index (χ4v) is 4.77. The van der Waals surface area contributed by atoms with E-state index < -0.39 is 0 Å². The molecule has 1 aliphatic rings. The van der Waals surface area contributed by atoms with Gasteiger partial charge in [-0.25, -0.2) is 0 Å². The summed E-state index contributed by atoms with van der Waals surface area (Å²) in [5.41, 5.74) is 4.09. The normalized spacial score (nSPS) is 13.8. The van der Waals surface area contributed by atoms with Crippen LogP contribution in [0.15, 0.2) is 54.9 Å². The molecule has 0 atom stereocenters. The zero-order valence-corrected chi connectivity index (χ0v) is 21.3. The third-order valence-corrected chi connectivity index (χ3v) is 6.71. The van der Waals surface area contributed by atoms with Gasteiger partial charge in [0, 0.05) is 78.7 Å². The molecule has 0 radical (unpaired) electrons. The Hall–Kier alpha value is -4.31. The zero-order chi connectivity index (χ0) is 25.4. The summed E-state index contributed by atoms with van der Waals surface area (Å²) >= 11 is 6.69. The quantitative estimate of drug-likeness (QED) is 0.282. The number of piperazine rings is 1. The van der Waals surface area contributed by atoms with Gasteiger partial charge in [-0.05, 0) is 44.2 Å². The lowest BCUT2D eigenvalue weighted by Crippen LogP contribution is -2.46. The molecule has 1 fully saturated rings. The van der Waals surface area contributed by atoms with E-state index in [1.54, 1.807) is 0 Å². The molecule has 5 aromatic rings. The van der Waals surface area contributed by atoms with Gasteiger partial charge in [0.15, 0.2) is 5.82 Å². The smallest absolute Gasteiger partial charge is 0.325 e. The van der Waals surface area contributed by atoms with Crippen LogP contribution in [0.1, 0.15) is 11.4 Å². The summed E-state index contributed by atoms with van der Waals surface area (Å²) in [4.78, 5) is 21.3. The molecule has 0 amide bonds. The number of aromatic amines is 2. The minimum absolute atomic E-state index is 0.206. The molecule has 1 aliphatic heterocycles. The number of benzene rings is 1. The Bertz CT molecular complexity index is 1540. The van der Waals surface area contributed by atoms with Crippen LogP contribution in [0.2, 0.25) is 5.02 Å². The van der Waals surface area contributed by atoms with E-state index in [4.69, 9.17) is 21.3 Å². The molecule has 188 valence electrons. The maximum Gasteiger partial charge on any atom is 0.325 e. The van der Waals surface area contributed by atoms with Gasteiger partial charge in [-0.3, -0.25) is 10.1 Å². The number of aryl methyl sites for hydroxylation is 2. The number of anilines is 4. The molecular formula is C26H26ClN9O. The van der Waals surface area contributed by atoms with Gasteiger partial charge in [0.05, 0.1) is 5.02 Å². The summed E-state index contributed by atoms with van der Waals surface area (Å²) in [6.45, 7) is 7.26. The van der Waals surface area contributed by atoms with Gasteiger partial charge in [-0.2, -0.15) is 15.1 Å². The second-order valence-electron chi connectivity index (χ2n) is 9.03. The number of ether oxygens (including phenoxy) is 1. The summed E-state index contributed by atoms with van der Waals surface area (Å²) in [5.74, 6) is 2.51. The molecular weight excluding hydrogens is 490 g/mol. The summed E-state index contributed by atoms with van der Waals surface area (Å²) < 4.78 is 6.15. The number of pyridine rings is 1. The highest BCUT2D eigenvalue weighted by molar-refractivity contribution is 6.37. The van der Waals surface area contributed by atoms with E-state index in [0.29, 0.717) is 22.4 Å². The first-order valence-corrected chi connectivity index (χ1v) is 12.4. The van der Waals surface area contributed by atoms with Crippen LogP contribution in [0, 0.1) is 13.8 Å². The van der Waals surface area contributed by atoms with Crippen molar-refractivity contribution in [2.24, 2.45) is 0 Å². The van der Waals surface area contributed by atoms with Crippen molar-refractivity contribution >= 4 is 45.6 Å². The maximum atomic E-state index is 6.69. The Balaban J connectivity index is 1.29. The Morgan fingerprint density at radius 3 is 2.43 bits per heavy atom. The summed E-state index contributed by atoms with van der Waals surface area (Å²) in [6.07, 6.45) is 3.64. The average molecular weight is 516 g/mol. The average Bonchev–Trinajstić information content (AvgIpc) is 3.51. The highest BCUT2D eigenvalue weighted by atomic mass is 35.5. The van der Waals surface area contributed by atoms with Crippen molar-refractivity contribution in [3.63, 3.8) is 0 Å². The lowest BCUT2D eigenvalue weighted by molar-refractivity contribution is 0.443. The number of fused-ring (bicyclic) bond motifs is 1. The Labute approximate surface area is 218 Å². The first kappa shape index (κ1) is 23.1. The summed E-state index contributed by atoms with van der Waals surface area (Å²) in [7, 11) is 0. The first-order chi connectivity index (χ1) is 18.0. The Morgan fingerprint density at radius 1 is 0.892 bits per heavy atom. The van der Waals surface area contributed by atoms with Crippen LogP contribution in [0.5, 0.6) is 11.8 Å². The molecule has 4 aromatic heterocycles. The van der Waals surface area contributed by atoms with E-state index in [0.717, 1.165) is 54.3 Å². The van der Waals surface area contributed by atoms with Gasteiger partial charge >= 0.3 is 6.01 Å². The zero-order valence-electron chi connectivity index (χ0n) is 20.5. The number of hydrogen-bond acceptors (Lipinski definition) is 8. The molecule has 1 saturated heterocycles. The van der Waals surface area contributed by atoms with Crippen LogP contribution in [-0.2, 0) is 0 Å². The van der Waals surface area contributed by atoms with Crippen LogP contribution in [0.3, 0.4) is 0 Å². The van der Waals surface area contributed by atoms with Gasteiger partial charge < -0.3 is 24.8 Å². The third-order valence-electron chi connectivity index (χ3n) is 6.32. The van der Waals surface area contributed by atoms with Crippen LogP contribution >= 0.6 is 11.6 Å². The van der Waals surface area contributed by atoms with Gasteiger partial charge in [0.1, 0.15) is 17.4 Å². The molecule has 11 heteroatoms. The van der Waals surface area contributed by atoms with Crippen molar-refractivity contribution in [2.75, 3.05) is 41.3 Å². The second-order valence-corrected chi connectivity index (χ2v) is 9.41. The van der Waals surface area contributed by atoms with Crippen molar-refractivity contribution in [1.82, 2.24) is 30.1 Å². The number of hydrogen-bond donors (Lipinski definition) is 3. The third kappa shape index (κ3) is 4.88. The molecule has 0 aliphatic carbocycles. The van der Waals surface area contributed by atoms with E-state index in [2.05, 4.69) is 40.3 Å². The highest BCUT2D eigenvalue weighted by Crippen LogP contribution is 2.36. The van der Waals surface area contributed by atoms with Crippen molar-refractivity contribution in [3.05, 3.63) is 71.3 Å². The summed E-state index contributed by atoms with van der Waals surface area (Å²) in [5, 5.41) is 11.9. The predicted octanol–water partition coefficient (Wildman–Crippen LogP) is 5.21. The van der Waals surface area contributed by atoms with Crippen molar-refractivity contribution in [3.8, 4) is 11.8 Å². The van der Waals surface area contributed by atoms with Gasteiger partial charge in [-0.15, -0.1) is 0 Å². The number of rotatable bonds is 6. The van der Waals surface area contributed by atoms with Crippen molar-refractivity contribution < 1.29 is 4.74 Å². The minimum Gasteiger partial charge on any atom is -0.423 e. The molecule has 3 N–H and O–H groups in total. The lowest BCUT2D eigenvalue weighted by atomic mass is 10.2. The van der Waals surface area contributed by atoms with E-state index >= 15 is 0 Å². The highest BCUT2D eigenvalue weighted by Gasteiger charge is 2.21. The molecule has 37 heavy (non-hydrogen) atoms. The number of nitrogens with one attached hydrogen (secondary N) is 3. The molecule has 6 rings (SSSR count). The number of halogens is 1. The largest absolute Gasteiger partial charge is 0.423 e. The van der Waals surface area contributed by atoms with Crippen LogP contribution in [0.4, 0.5) is 23.1 Å². The standard InChI is InChI=1S/C26H26ClN9O/c1-16-13-19-20(29-16)3-4-21(25(19)27)37-26-31-22(30-23-14-17(2)33-34-23)15-24(32-26)36-11-9-35(10-12-36)18-5-7-28-8-6-18/h3-8,13-15,29H,9-12H2,1-2H3,(H2,30,31,32,33,34). The topological polar surface area (TPSA) is 111 Å². The molecule has 0 spiro atoms. The van der Waals surface area contributed by atoms with Gasteiger partial charge in [-0.1, -0.05) is 11.6 Å². The Kier molecular flexibility index (Phi) is 6.01. The fourth-order valence-electron chi connectivity index (χ4n) is 4.51. The monoisotopic (exact) mass is 515 g/mol. The van der Waals surface area contributed by atoms with E-state index in [1.807, 2.05) is 68.7 Å².